The Hall–Kier alpha value is -2.34. The van der Waals surface area contributed by atoms with Crippen molar-refractivity contribution in [3.05, 3.63) is 54.1 Å². The van der Waals surface area contributed by atoms with Gasteiger partial charge in [0.25, 0.3) is 0 Å². The monoisotopic (exact) mass is 345 g/mol. The molecule has 1 aliphatic carbocycles. The SMILES string of the molecule is COc1cccc([C@@H]2C[C@@H]2C(=O)Nc2ccc(S(C)(=O)=O)cc2)c1. The molecule has 1 N–H and O–H groups in total. The first-order valence-corrected chi connectivity index (χ1v) is 9.52. The maximum Gasteiger partial charge on any atom is 0.228 e. The number of anilines is 1. The van der Waals surface area contributed by atoms with Crippen LogP contribution in [-0.2, 0) is 14.6 Å². The van der Waals surface area contributed by atoms with Crippen molar-refractivity contribution in [2.45, 2.75) is 17.2 Å². The average Bonchev–Trinajstić information content (AvgIpc) is 3.35. The number of nitrogens with one attached hydrogen (secondary N) is 1. The number of rotatable bonds is 5. The van der Waals surface area contributed by atoms with Crippen molar-refractivity contribution in [2.75, 3.05) is 18.7 Å². The van der Waals surface area contributed by atoms with Crippen LogP contribution in [0.25, 0.3) is 0 Å². The van der Waals surface area contributed by atoms with E-state index in [0.29, 0.717) is 5.69 Å². The van der Waals surface area contributed by atoms with Crippen LogP contribution in [0.4, 0.5) is 5.69 Å². The van der Waals surface area contributed by atoms with Gasteiger partial charge in [0, 0.05) is 17.9 Å². The highest BCUT2D eigenvalue weighted by molar-refractivity contribution is 7.90. The van der Waals surface area contributed by atoms with Crippen LogP contribution < -0.4 is 10.1 Å². The Labute approximate surface area is 141 Å². The minimum Gasteiger partial charge on any atom is -0.497 e. The first-order valence-electron chi connectivity index (χ1n) is 7.63. The molecule has 1 saturated carbocycles. The number of carbonyl (C=O) groups is 1. The molecule has 0 unspecified atom stereocenters. The van der Waals surface area contributed by atoms with Gasteiger partial charge < -0.3 is 10.1 Å². The normalized spacial score (nSPS) is 19.6. The van der Waals surface area contributed by atoms with E-state index < -0.39 is 9.84 Å². The molecule has 0 heterocycles. The van der Waals surface area contributed by atoms with Crippen LogP contribution in [0, 0.1) is 5.92 Å². The van der Waals surface area contributed by atoms with Gasteiger partial charge in [0.15, 0.2) is 9.84 Å². The summed E-state index contributed by atoms with van der Waals surface area (Å²) >= 11 is 0. The van der Waals surface area contributed by atoms with E-state index in [-0.39, 0.29) is 22.6 Å². The van der Waals surface area contributed by atoms with E-state index in [0.717, 1.165) is 24.0 Å². The minimum atomic E-state index is -3.23. The highest BCUT2D eigenvalue weighted by atomic mass is 32.2. The number of methoxy groups -OCH3 is 1. The molecule has 1 amide bonds. The molecule has 24 heavy (non-hydrogen) atoms. The molecule has 0 aliphatic heterocycles. The number of amides is 1. The van der Waals surface area contributed by atoms with Crippen molar-refractivity contribution in [2.24, 2.45) is 5.92 Å². The van der Waals surface area contributed by atoms with E-state index in [1.807, 2.05) is 24.3 Å². The Morgan fingerprint density at radius 2 is 1.88 bits per heavy atom. The van der Waals surface area contributed by atoms with Crippen molar-refractivity contribution < 1.29 is 17.9 Å². The van der Waals surface area contributed by atoms with E-state index in [1.165, 1.54) is 12.1 Å². The van der Waals surface area contributed by atoms with E-state index >= 15 is 0 Å². The van der Waals surface area contributed by atoms with Crippen LogP contribution in [0.1, 0.15) is 17.9 Å². The molecular weight excluding hydrogens is 326 g/mol. The lowest BCUT2D eigenvalue weighted by Gasteiger charge is -2.07. The molecule has 6 heteroatoms. The second kappa shape index (κ2) is 6.28. The maximum absolute atomic E-state index is 12.3. The fourth-order valence-electron chi connectivity index (χ4n) is 2.75. The minimum absolute atomic E-state index is 0.0464. The number of carbonyl (C=O) groups excluding carboxylic acids is 1. The number of benzene rings is 2. The molecule has 0 aromatic heterocycles. The molecule has 1 aliphatic rings. The van der Waals surface area contributed by atoms with Crippen LogP contribution >= 0.6 is 0 Å². The van der Waals surface area contributed by atoms with Gasteiger partial charge in [-0.25, -0.2) is 8.42 Å². The van der Waals surface area contributed by atoms with E-state index in [1.54, 1.807) is 19.2 Å². The number of ether oxygens (including phenoxy) is 1. The Balaban J connectivity index is 1.64. The summed E-state index contributed by atoms with van der Waals surface area (Å²) in [5.41, 5.74) is 1.70. The van der Waals surface area contributed by atoms with Crippen molar-refractivity contribution in [3.8, 4) is 5.75 Å². The first kappa shape index (κ1) is 16.5. The lowest BCUT2D eigenvalue weighted by Crippen LogP contribution is -2.14. The van der Waals surface area contributed by atoms with Gasteiger partial charge >= 0.3 is 0 Å². The number of hydrogen-bond donors (Lipinski definition) is 1. The fourth-order valence-corrected chi connectivity index (χ4v) is 3.38. The smallest absolute Gasteiger partial charge is 0.228 e. The molecule has 0 saturated heterocycles. The Kier molecular flexibility index (Phi) is 4.32. The Morgan fingerprint density at radius 1 is 1.17 bits per heavy atom. The summed E-state index contributed by atoms with van der Waals surface area (Å²) in [4.78, 5) is 12.6. The summed E-state index contributed by atoms with van der Waals surface area (Å²) in [5.74, 6) is 0.881. The Morgan fingerprint density at radius 3 is 2.50 bits per heavy atom. The summed E-state index contributed by atoms with van der Waals surface area (Å²) in [5, 5.41) is 2.85. The lowest BCUT2D eigenvalue weighted by atomic mass is 10.1. The molecule has 0 spiro atoms. The third-order valence-electron chi connectivity index (χ3n) is 4.20. The number of sulfone groups is 1. The van der Waals surface area contributed by atoms with Crippen LogP contribution in [0.15, 0.2) is 53.4 Å². The third-order valence-corrected chi connectivity index (χ3v) is 5.33. The molecule has 3 rings (SSSR count). The summed E-state index contributed by atoms with van der Waals surface area (Å²) in [6, 6.07) is 14.0. The van der Waals surface area contributed by atoms with Crippen molar-refractivity contribution >= 4 is 21.4 Å². The van der Waals surface area contributed by atoms with Crippen LogP contribution in [0.5, 0.6) is 5.75 Å². The van der Waals surface area contributed by atoms with Crippen molar-refractivity contribution in [1.29, 1.82) is 0 Å². The Bertz CT molecular complexity index is 859. The summed E-state index contributed by atoms with van der Waals surface area (Å²) in [6.07, 6.45) is 1.96. The number of hydrogen-bond acceptors (Lipinski definition) is 4. The molecule has 2 aromatic rings. The molecule has 1 fully saturated rings. The van der Waals surface area contributed by atoms with Gasteiger partial charge in [-0.2, -0.15) is 0 Å². The second-order valence-corrected chi connectivity index (χ2v) is 8.03. The predicted octanol–water partition coefficient (Wildman–Crippen LogP) is 2.84. The molecule has 0 radical (unpaired) electrons. The van der Waals surface area contributed by atoms with Gasteiger partial charge in [-0.05, 0) is 54.3 Å². The molecule has 2 atom stereocenters. The zero-order chi connectivity index (χ0) is 17.3. The zero-order valence-corrected chi connectivity index (χ0v) is 14.3. The summed E-state index contributed by atoms with van der Waals surface area (Å²) in [7, 11) is -1.61. The van der Waals surface area contributed by atoms with Crippen molar-refractivity contribution in [1.82, 2.24) is 0 Å². The lowest BCUT2D eigenvalue weighted by molar-refractivity contribution is -0.117. The first-order chi connectivity index (χ1) is 11.4. The molecule has 126 valence electrons. The van der Waals surface area contributed by atoms with Crippen LogP contribution in [0.2, 0.25) is 0 Å². The highest BCUT2D eigenvalue weighted by Gasteiger charge is 2.44. The van der Waals surface area contributed by atoms with Gasteiger partial charge in [0.1, 0.15) is 5.75 Å². The second-order valence-electron chi connectivity index (χ2n) is 6.01. The third kappa shape index (κ3) is 3.59. The molecule has 0 bridgehead atoms. The van der Waals surface area contributed by atoms with E-state index in [4.69, 9.17) is 4.74 Å². The van der Waals surface area contributed by atoms with Gasteiger partial charge in [-0.3, -0.25) is 4.79 Å². The highest BCUT2D eigenvalue weighted by Crippen LogP contribution is 2.48. The maximum atomic E-state index is 12.3. The van der Waals surface area contributed by atoms with E-state index in [9.17, 15) is 13.2 Å². The fraction of sp³-hybridized carbons (Fsp3) is 0.278. The summed E-state index contributed by atoms with van der Waals surface area (Å²) in [6.45, 7) is 0. The zero-order valence-electron chi connectivity index (χ0n) is 13.5. The summed E-state index contributed by atoms with van der Waals surface area (Å²) < 4.78 is 28.1. The topological polar surface area (TPSA) is 72.5 Å². The predicted molar refractivity (Wildman–Crippen MR) is 92.0 cm³/mol. The quantitative estimate of drug-likeness (QED) is 0.904. The average molecular weight is 345 g/mol. The molecular formula is C18H19NO4S. The van der Waals surface area contributed by atoms with Crippen molar-refractivity contribution in [3.63, 3.8) is 0 Å². The largest absolute Gasteiger partial charge is 0.497 e. The molecule has 2 aromatic carbocycles. The van der Waals surface area contributed by atoms with Crippen LogP contribution in [0.3, 0.4) is 0 Å². The van der Waals surface area contributed by atoms with Crippen LogP contribution in [-0.4, -0.2) is 27.7 Å². The standard InChI is InChI=1S/C18H19NO4S/c1-23-14-5-3-4-12(10-14)16-11-17(16)18(20)19-13-6-8-15(9-7-13)24(2,21)22/h3-10,16-17H,11H2,1-2H3,(H,19,20)/t16-,17-/m0/s1. The van der Waals surface area contributed by atoms with E-state index in [2.05, 4.69) is 5.32 Å². The van der Waals surface area contributed by atoms with Gasteiger partial charge in [-0.15, -0.1) is 0 Å². The van der Waals surface area contributed by atoms with Gasteiger partial charge in [0.2, 0.25) is 5.91 Å². The van der Waals surface area contributed by atoms with Gasteiger partial charge in [0.05, 0.1) is 12.0 Å². The van der Waals surface area contributed by atoms with Gasteiger partial charge in [-0.1, -0.05) is 12.1 Å². The molecule has 5 nitrogen and oxygen atoms in total.